The quantitative estimate of drug-likeness (QED) is 0.647. The Morgan fingerprint density at radius 2 is 1.82 bits per heavy atom. The Hall–Kier alpha value is -0.0800. The van der Waals surface area contributed by atoms with E-state index in [4.69, 9.17) is 5.11 Å². The van der Waals surface area contributed by atoms with Gasteiger partial charge in [0.25, 0.3) is 0 Å². The van der Waals surface area contributed by atoms with Gasteiger partial charge in [-0.1, -0.05) is 21.3 Å². The van der Waals surface area contributed by atoms with E-state index in [2.05, 4.69) is 5.32 Å². The van der Waals surface area contributed by atoms with Crippen LogP contribution in [0.3, 0.4) is 0 Å². The van der Waals surface area contributed by atoms with Crippen molar-refractivity contribution in [2.75, 3.05) is 13.7 Å². The van der Waals surface area contributed by atoms with Crippen LogP contribution < -0.4 is 5.32 Å². The van der Waals surface area contributed by atoms with Gasteiger partial charge >= 0.3 is 0 Å². The van der Waals surface area contributed by atoms with Crippen LogP contribution in [0.1, 0.15) is 40.5 Å². The van der Waals surface area contributed by atoms with Crippen LogP contribution in [0.2, 0.25) is 0 Å². The first-order valence-electron chi connectivity index (χ1n) is 4.13. The number of aliphatic hydroxyl groups excluding tert-OH is 1. The Labute approximate surface area is 71.0 Å². The summed E-state index contributed by atoms with van der Waals surface area (Å²) in [6.07, 6.45) is 3.54. The molecule has 0 bridgehead atoms. The first kappa shape index (κ1) is 13.5. The van der Waals surface area contributed by atoms with E-state index in [9.17, 15) is 0 Å². The largest absolute Gasteiger partial charge is 0.394 e. The van der Waals surface area contributed by atoms with E-state index < -0.39 is 0 Å². The molecule has 0 aromatic heterocycles. The highest BCUT2D eigenvalue weighted by atomic mass is 16.3. The lowest BCUT2D eigenvalue weighted by Gasteiger charge is -2.39. The molecule has 0 unspecified atom stereocenters. The lowest BCUT2D eigenvalue weighted by Crippen LogP contribution is -2.52. The predicted molar refractivity (Wildman–Crippen MR) is 50.8 cm³/mol. The second-order valence-corrected chi connectivity index (χ2v) is 2.54. The van der Waals surface area contributed by atoms with Crippen LogP contribution in [0.15, 0.2) is 0 Å². The molecule has 0 aromatic carbocycles. The van der Waals surface area contributed by atoms with Gasteiger partial charge in [0.1, 0.15) is 0 Å². The van der Waals surface area contributed by atoms with E-state index in [0.29, 0.717) is 6.61 Å². The third-order valence-electron chi connectivity index (χ3n) is 2.14. The molecule has 0 aliphatic heterocycles. The van der Waals surface area contributed by atoms with Crippen molar-refractivity contribution in [3.05, 3.63) is 0 Å². The summed E-state index contributed by atoms with van der Waals surface area (Å²) >= 11 is 0. The average Bonchev–Trinajstić information content (AvgIpc) is 1.93. The van der Waals surface area contributed by atoms with Gasteiger partial charge in [0.2, 0.25) is 0 Å². The molecule has 0 amide bonds. The van der Waals surface area contributed by atoms with E-state index in [1.54, 1.807) is 0 Å². The molecule has 1 saturated carbocycles. The zero-order chi connectivity index (χ0) is 8.04. The predicted octanol–water partition coefficient (Wildman–Crippen LogP) is 1.78. The topological polar surface area (TPSA) is 32.3 Å². The van der Waals surface area contributed by atoms with Gasteiger partial charge in [0, 0.05) is 5.54 Å². The van der Waals surface area contributed by atoms with Gasteiger partial charge in [0.05, 0.1) is 6.61 Å². The second-order valence-electron chi connectivity index (χ2n) is 2.54. The minimum Gasteiger partial charge on any atom is -0.394 e. The Morgan fingerprint density at radius 3 is 1.82 bits per heavy atom. The van der Waals surface area contributed by atoms with Crippen molar-refractivity contribution < 1.29 is 5.11 Å². The zero-order valence-electron chi connectivity index (χ0n) is 7.28. The number of nitrogens with one attached hydrogen (secondary N) is 1. The molecule has 0 atom stereocenters. The molecule has 0 radical (unpaired) electrons. The molecule has 1 rings (SSSR count). The van der Waals surface area contributed by atoms with Crippen molar-refractivity contribution in [2.45, 2.75) is 46.1 Å². The average molecular weight is 161 g/mol. The summed E-state index contributed by atoms with van der Waals surface area (Å²) in [5.74, 6) is 0. The molecule has 1 aliphatic rings. The van der Waals surface area contributed by atoms with E-state index in [0.717, 1.165) is 12.8 Å². The number of likely N-dealkylation sites (N-methyl/N-ethyl adjacent to an activating group) is 1. The lowest BCUT2D eigenvalue weighted by molar-refractivity contribution is 0.0967. The first-order chi connectivity index (χ1) is 4.83. The van der Waals surface area contributed by atoms with Gasteiger partial charge in [-0.25, -0.2) is 0 Å². The maximum absolute atomic E-state index is 8.77. The van der Waals surface area contributed by atoms with Crippen LogP contribution in [0.25, 0.3) is 0 Å². The SMILES string of the molecule is C.CC.CNC1(CO)CCC1. The molecule has 0 saturated heterocycles. The summed E-state index contributed by atoms with van der Waals surface area (Å²) in [5.41, 5.74) is 0.111. The minimum atomic E-state index is 0. The van der Waals surface area contributed by atoms with Gasteiger partial charge in [-0.15, -0.1) is 0 Å². The standard InChI is InChI=1S/C6H13NO.C2H6.CH4/c1-7-6(5-8)3-2-4-6;1-2;/h7-8H,2-5H2,1H3;1-2H3;1H4. The Bertz CT molecular complexity index is 66.1. The van der Waals surface area contributed by atoms with Gasteiger partial charge in [-0.2, -0.15) is 0 Å². The molecule has 2 N–H and O–H groups in total. The molecule has 0 aromatic rings. The number of rotatable bonds is 2. The van der Waals surface area contributed by atoms with Crippen LogP contribution in [0.5, 0.6) is 0 Å². The van der Waals surface area contributed by atoms with Crippen LogP contribution in [-0.2, 0) is 0 Å². The van der Waals surface area contributed by atoms with Crippen molar-refractivity contribution in [3.63, 3.8) is 0 Å². The molecular weight excluding hydrogens is 138 g/mol. The third-order valence-corrected chi connectivity index (χ3v) is 2.14. The molecule has 70 valence electrons. The van der Waals surface area contributed by atoms with Crippen LogP contribution in [0, 0.1) is 0 Å². The molecule has 11 heavy (non-hydrogen) atoms. The summed E-state index contributed by atoms with van der Waals surface area (Å²) < 4.78 is 0. The van der Waals surface area contributed by atoms with Crippen LogP contribution in [0.4, 0.5) is 0 Å². The number of hydrogen-bond donors (Lipinski definition) is 2. The Balaban J connectivity index is 0. The second kappa shape index (κ2) is 6.62. The zero-order valence-corrected chi connectivity index (χ0v) is 7.28. The van der Waals surface area contributed by atoms with E-state index in [1.807, 2.05) is 20.9 Å². The van der Waals surface area contributed by atoms with Crippen LogP contribution in [-0.4, -0.2) is 24.3 Å². The number of hydrogen-bond acceptors (Lipinski definition) is 2. The van der Waals surface area contributed by atoms with Gasteiger partial charge in [-0.3, -0.25) is 0 Å². The smallest absolute Gasteiger partial charge is 0.0613 e. The van der Waals surface area contributed by atoms with Crippen molar-refractivity contribution in [3.8, 4) is 0 Å². The molecule has 1 fully saturated rings. The first-order valence-corrected chi connectivity index (χ1v) is 4.13. The van der Waals surface area contributed by atoms with Gasteiger partial charge in [-0.05, 0) is 26.3 Å². The fourth-order valence-electron chi connectivity index (χ4n) is 1.09. The van der Waals surface area contributed by atoms with E-state index in [1.165, 1.54) is 6.42 Å². The van der Waals surface area contributed by atoms with Gasteiger partial charge in [0.15, 0.2) is 0 Å². The fraction of sp³-hybridized carbons (Fsp3) is 1.00. The normalized spacial score (nSPS) is 18.5. The highest BCUT2D eigenvalue weighted by Gasteiger charge is 2.33. The van der Waals surface area contributed by atoms with E-state index in [-0.39, 0.29) is 13.0 Å². The highest BCUT2D eigenvalue weighted by Crippen LogP contribution is 2.30. The molecule has 1 aliphatic carbocycles. The van der Waals surface area contributed by atoms with Crippen molar-refractivity contribution in [1.29, 1.82) is 0 Å². The third kappa shape index (κ3) is 3.21. The molecule has 2 nitrogen and oxygen atoms in total. The van der Waals surface area contributed by atoms with Gasteiger partial charge < -0.3 is 10.4 Å². The minimum absolute atomic E-state index is 0. The lowest BCUT2D eigenvalue weighted by atomic mass is 9.78. The Kier molecular flexibility index (Phi) is 8.13. The maximum Gasteiger partial charge on any atom is 0.0613 e. The molecule has 0 heterocycles. The molecular formula is C9H23NO. The summed E-state index contributed by atoms with van der Waals surface area (Å²) in [6, 6.07) is 0. The fourth-order valence-corrected chi connectivity index (χ4v) is 1.09. The summed E-state index contributed by atoms with van der Waals surface area (Å²) in [4.78, 5) is 0. The molecule has 0 spiro atoms. The highest BCUT2D eigenvalue weighted by molar-refractivity contribution is 4.93. The summed E-state index contributed by atoms with van der Waals surface area (Å²) in [6.45, 7) is 4.30. The number of aliphatic hydroxyl groups is 1. The summed E-state index contributed by atoms with van der Waals surface area (Å²) in [5, 5.41) is 11.9. The van der Waals surface area contributed by atoms with Crippen molar-refractivity contribution >= 4 is 0 Å². The van der Waals surface area contributed by atoms with E-state index >= 15 is 0 Å². The van der Waals surface area contributed by atoms with Crippen LogP contribution >= 0.6 is 0 Å². The summed E-state index contributed by atoms with van der Waals surface area (Å²) in [7, 11) is 1.91. The monoisotopic (exact) mass is 161 g/mol. The maximum atomic E-state index is 8.77. The Morgan fingerprint density at radius 1 is 1.36 bits per heavy atom. The van der Waals surface area contributed by atoms with Crippen molar-refractivity contribution in [2.24, 2.45) is 0 Å². The van der Waals surface area contributed by atoms with Crippen molar-refractivity contribution in [1.82, 2.24) is 5.32 Å². The molecule has 2 heteroatoms.